The van der Waals surface area contributed by atoms with Gasteiger partial charge in [-0.25, -0.2) is 0 Å². The molecule has 0 aromatic heterocycles. The average Bonchev–Trinajstić information content (AvgIpc) is 2.10. The third kappa shape index (κ3) is 2.97. The summed E-state index contributed by atoms with van der Waals surface area (Å²) in [4.78, 5) is 0. The molecule has 1 aromatic rings. The number of aryl methyl sites for hydroxylation is 1. The maximum atomic E-state index is 9.41. The number of aliphatic hydroxyl groups is 1. The molecule has 0 saturated carbocycles. The van der Waals surface area contributed by atoms with Gasteiger partial charge in [0, 0.05) is 6.61 Å². The predicted octanol–water partition coefficient (Wildman–Crippen LogP) is 2.84. The second-order valence-electron chi connectivity index (χ2n) is 2.74. The van der Waals surface area contributed by atoms with Gasteiger partial charge in [0.25, 0.3) is 0 Å². The molecule has 0 fully saturated rings. The summed E-state index contributed by atoms with van der Waals surface area (Å²) in [6, 6.07) is 3.71. The lowest BCUT2D eigenvalue weighted by atomic mass is 10.1. The van der Waals surface area contributed by atoms with Crippen LogP contribution in [0.25, 0.3) is 0 Å². The number of aromatic hydroxyl groups is 1. The Labute approximate surface area is 93.8 Å². The number of benzene rings is 1. The van der Waals surface area contributed by atoms with E-state index in [-0.39, 0.29) is 12.4 Å². The van der Waals surface area contributed by atoms with Crippen molar-refractivity contribution in [1.82, 2.24) is 0 Å². The molecule has 72 valence electrons. The Morgan fingerprint density at radius 1 is 1.15 bits per heavy atom. The Hall–Kier alpha value is -0.0600. The summed E-state index contributed by atoms with van der Waals surface area (Å²) in [5.41, 5.74) is 1.09. The van der Waals surface area contributed by atoms with Gasteiger partial charge >= 0.3 is 0 Å². The molecular weight excluding hydrogens is 300 g/mol. The van der Waals surface area contributed by atoms with Gasteiger partial charge in [-0.15, -0.1) is 0 Å². The van der Waals surface area contributed by atoms with E-state index in [1.165, 1.54) is 0 Å². The van der Waals surface area contributed by atoms with E-state index in [0.29, 0.717) is 8.95 Å². The van der Waals surface area contributed by atoms with Crippen LogP contribution in [0, 0.1) is 0 Å². The first-order chi connectivity index (χ1) is 6.15. The van der Waals surface area contributed by atoms with Crippen LogP contribution >= 0.6 is 31.9 Å². The highest BCUT2D eigenvalue weighted by Gasteiger charge is 2.05. The van der Waals surface area contributed by atoms with Crippen molar-refractivity contribution >= 4 is 31.9 Å². The van der Waals surface area contributed by atoms with Crippen LogP contribution in [-0.2, 0) is 6.42 Å². The Kier molecular flexibility index (Phi) is 4.22. The fraction of sp³-hybridized carbons (Fsp3) is 0.333. The van der Waals surface area contributed by atoms with Gasteiger partial charge in [-0.2, -0.15) is 0 Å². The number of phenolic OH excluding ortho intramolecular Hbond substituents is 1. The summed E-state index contributed by atoms with van der Waals surface area (Å²) >= 11 is 6.49. The standard InChI is InChI=1S/C9H10Br2O2/c10-7-4-6(2-1-3-12)5-8(11)9(7)13/h4-5,12-13H,1-3H2. The maximum Gasteiger partial charge on any atom is 0.143 e. The van der Waals surface area contributed by atoms with Gasteiger partial charge in [0.2, 0.25) is 0 Å². The molecule has 0 saturated heterocycles. The monoisotopic (exact) mass is 308 g/mol. The molecule has 0 atom stereocenters. The van der Waals surface area contributed by atoms with Crippen LogP contribution in [0.15, 0.2) is 21.1 Å². The molecule has 0 bridgehead atoms. The average molecular weight is 310 g/mol. The molecule has 13 heavy (non-hydrogen) atoms. The number of halogens is 2. The van der Waals surface area contributed by atoms with Crippen molar-refractivity contribution in [2.75, 3.05) is 6.61 Å². The van der Waals surface area contributed by atoms with Crippen LogP contribution in [0.2, 0.25) is 0 Å². The van der Waals surface area contributed by atoms with Crippen LogP contribution in [0.4, 0.5) is 0 Å². The predicted molar refractivity (Wildman–Crippen MR) is 58.9 cm³/mol. The van der Waals surface area contributed by atoms with Gasteiger partial charge in [0.05, 0.1) is 8.95 Å². The topological polar surface area (TPSA) is 40.5 Å². The highest BCUT2D eigenvalue weighted by atomic mass is 79.9. The number of hydrogen-bond donors (Lipinski definition) is 2. The lowest BCUT2D eigenvalue weighted by Gasteiger charge is -2.04. The van der Waals surface area contributed by atoms with E-state index >= 15 is 0 Å². The fourth-order valence-electron chi connectivity index (χ4n) is 1.05. The second kappa shape index (κ2) is 4.98. The van der Waals surface area contributed by atoms with E-state index in [4.69, 9.17) is 5.11 Å². The van der Waals surface area contributed by atoms with E-state index in [9.17, 15) is 5.11 Å². The van der Waals surface area contributed by atoms with Crippen LogP contribution in [0.1, 0.15) is 12.0 Å². The van der Waals surface area contributed by atoms with Gasteiger partial charge in [0.1, 0.15) is 5.75 Å². The van der Waals surface area contributed by atoms with E-state index in [2.05, 4.69) is 31.9 Å². The van der Waals surface area contributed by atoms with Gasteiger partial charge in [0.15, 0.2) is 0 Å². The molecule has 1 aromatic carbocycles. The van der Waals surface area contributed by atoms with Crippen molar-refractivity contribution in [2.45, 2.75) is 12.8 Å². The summed E-state index contributed by atoms with van der Waals surface area (Å²) in [7, 11) is 0. The molecular formula is C9H10Br2O2. The Morgan fingerprint density at radius 2 is 1.69 bits per heavy atom. The summed E-state index contributed by atoms with van der Waals surface area (Å²) in [5, 5.41) is 18.1. The lowest BCUT2D eigenvalue weighted by Crippen LogP contribution is -1.89. The van der Waals surface area contributed by atoms with Gasteiger partial charge < -0.3 is 10.2 Å². The summed E-state index contributed by atoms with van der Waals surface area (Å²) in [6.45, 7) is 0.191. The molecule has 0 aliphatic heterocycles. The van der Waals surface area contributed by atoms with E-state index < -0.39 is 0 Å². The number of phenols is 1. The third-order valence-corrected chi connectivity index (χ3v) is 2.91. The molecule has 2 N–H and O–H groups in total. The van der Waals surface area contributed by atoms with E-state index in [1.54, 1.807) is 0 Å². The van der Waals surface area contributed by atoms with E-state index in [1.807, 2.05) is 12.1 Å². The fourth-order valence-corrected chi connectivity index (χ4v) is 2.33. The highest BCUT2D eigenvalue weighted by Crippen LogP contribution is 2.33. The Bertz CT molecular complexity index is 277. The maximum absolute atomic E-state index is 9.41. The molecule has 4 heteroatoms. The summed E-state index contributed by atoms with van der Waals surface area (Å²) in [5.74, 6) is 0.216. The molecule has 0 aliphatic carbocycles. The quantitative estimate of drug-likeness (QED) is 0.901. The van der Waals surface area contributed by atoms with Crippen molar-refractivity contribution in [3.63, 3.8) is 0 Å². The molecule has 0 unspecified atom stereocenters. The third-order valence-electron chi connectivity index (χ3n) is 1.70. The molecule has 0 amide bonds. The normalized spacial score (nSPS) is 10.4. The molecule has 0 heterocycles. The van der Waals surface area contributed by atoms with Crippen molar-refractivity contribution in [1.29, 1.82) is 0 Å². The number of hydrogen-bond acceptors (Lipinski definition) is 2. The summed E-state index contributed by atoms with van der Waals surface area (Å²) in [6.07, 6.45) is 1.55. The summed E-state index contributed by atoms with van der Waals surface area (Å²) < 4.78 is 1.35. The Balaban J connectivity index is 2.86. The van der Waals surface area contributed by atoms with Crippen LogP contribution in [-0.4, -0.2) is 16.8 Å². The van der Waals surface area contributed by atoms with Crippen LogP contribution in [0.3, 0.4) is 0 Å². The van der Waals surface area contributed by atoms with Crippen molar-refractivity contribution in [3.05, 3.63) is 26.6 Å². The highest BCUT2D eigenvalue weighted by molar-refractivity contribution is 9.11. The number of rotatable bonds is 3. The first-order valence-corrected chi connectivity index (χ1v) is 5.51. The van der Waals surface area contributed by atoms with Gasteiger partial charge in [-0.3, -0.25) is 0 Å². The first kappa shape index (κ1) is 11.0. The first-order valence-electron chi connectivity index (χ1n) is 3.93. The minimum Gasteiger partial charge on any atom is -0.506 e. The largest absolute Gasteiger partial charge is 0.506 e. The van der Waals surface area contributed by atoms with E-state index in [0.717, 1.165) is 18.4 Å². The molecule has 0 radical (unpaired) electrons. The van der Waals surface area contributed by atoms with Gasteiger partial charge in [-0.1, -0.05) is 0 Å². The SMILES string of the molecule is OCCCc1cc(Br)c(O)c(Br)c1. The zero-order valence-corrected chi connectivity index (χ0v) is 10.1. The molecule has 1 rings (SSSR count). The second-order valence-corrected chi connectivity index (χ2v) is 4.44. The van der Waals surface area contributed by atoms with Crippen LogP contribution < -0.4 is 0 Å². The molecule has 2 nitrogen and oxygen atoms in total. The zero-order valence-electron chi connectivity index (χ0n) is 6.93. The van der Waals surface area contributed by atoms with Gasteiger partial charge in [-0.05, 0) is 62.4 Å². The van der Waals surface area contributed by atoms with Crippen molar-refractivity contribution < 1.29 is 10.2 Å². The zero-order chi connectivity index (χ0) is 9.84. The van der Waals surface area contributed by atoms with Crippen LogP contribution in [0.5, 0.6) is 5.75 Å². The van der Waals surface area contributed by atoms with Crippen molar-refractivity contribution in [2.24, 2.45) is 0 Å². The van der Waals surface area contributed by atoms with Crippen molar-refractivity contribution in [3.8, 4) is 5.75 Å². The minimum atomic E-state index is 0.191. The smallest absolute Gasteiger partial charge is 0.143 e. The Morgan fingerprint density at radius 3 is 2.15 bits per heavy atom. The minimum absolute atomic E-state index is 0.191. The number of aliphatic hydroxyl groups excluding tert-OH is 1. The lowest BCUT2D eigenvalue weighted by molar-refractivity contribution is 0.288. The molecule has 0 aliphatic rings. The molecule has 0 spiro atoms.